The van der Waals surface area contributed by atoms with E-state index in [9.17, 15) is 18.4 Å². The molecule has 2 amide bonds. The Hall–Kier alpha value is -4.13. The fourth-order valence-electron chi connectivity index (χ4n) is 4.69. The van der Waals surface area contributed by atoms with Crippen LogP contribution in [0.1, 0.15) is 48.6 Å². The number of anilines is 3. The molecule has 38 heavy (non-hydrogen) atoms. The van der Waals surface area contributed by atoms with Gasteiger partial charge in [0.05, 0.1) is 36.8 Å². The van der Waals surface area contributed by atoms with Gasteiger partial charge < -0.3 is 25.8 Å². The lowest BCUT2D eigenvalue weighted by atomic mass is 10.1. The van der Waals surface area contributed by atoms with Crippen LogP contribution < -0.4 is 21.1 Å². The van der Waals surface area contributed by atoms with Crippen LogP contribution in [0.2, 0.25) is 0 Å². The molecule has 5 rings (SSSR count). The number of carbonyl (C=O) groups excluding carboxylic acids is 2. The van der Waals surface area contributed by atoms with E-state index in [-0.39, 0.29) is 35.1 Å². The average Bonchev–Trinajstić information content (AvgIpc) is 3.46. The van der Waals surface area contributed by atoms with Crippen LogP contribution in [0.25, 0.3) is 11.1 Å². The predicted molar refractivity (Wildman–Crippen MR) is 133 cm³/mol. The molecule has 2 aromatic heterocycles. The zero-order valence-electron chi connectivity index (χ0n) is 20.6. The maximum Gasteiger partial charge on any atom is 0.345 e. The van der Waals surface area contributed by atoms with E-state index in [0.29, 0.717) is 35.4 Å². The largest absolute Gasteiger partial charge is 0.494 e. The van der Waals surface area contributed by atoms with Crippen LogP contribution in [0.3, 0.4) is 0 Å². The van der Waals surface area contributed by atoms with E-state index in [2.05, 4.69) is 25.9 Å². The molecule has 2 atom stereocenters. The molecule has 0 radical (unpaired) electrons. The number of methoxy groups -OCH3 is 1. The lowest BCUT2D eigenvalue weighted by Gasteiger charge is -2.20. The van der Waals surface area contributed by atoms with Crippen molar-refractivity contribution in [2.75, 3.05) is 17.7 Å². The molecule has 2 fully saturated rings. The number of halogens is 2. The van der Waals surface area contributed by atoms with Gasteiger partial charge in [-0.3, -0.25) is 14.3 Å². The highest BCUT2D eigenvalue weighted by molar-refractivity contribution is 5.99. The van der Waals surface area contributed by atoms with Gasteiger partial charge in [0, 0.05) is 29.3 Å². The number of carbonyl (C=O) groups is 2. The molecular formula is C25H27F2N7O4. The molecule has 0 spiro atoms. The van der Waals surface area contributed by atoms with E-state index < -0.39 is 18.6 Å². The first kappa shape index (κ1) is 25.5. The molecule has 13 heteroatoms. The summed E-state index contributed by atoms with van der Waals surface area (Å²) in [6.45, 7) is -2.84. The number of benzene rings is 1. The summed E-state index contributed by atoms with van der Waals surface area (Å²) in [5.74, 6) is -0.369. The number of rotatable bonds is 10. The maximum absolute atomic E-state index is 12.8. The van der Waals surface area contributed by atoms with Crippen LogP contribution in [0.5, 0.6) is 5.75 Å². The maximum atomic E-state index is 12.8. The molecule has 0 aliphatic heterocycles. The SMILES string of the molecule is COc1c(Nc2cc(NC(=O)C3CC3)nnc2C(N)=O)cccc1-c1cnn([C@@H]2CCC[C@H]2OC(F)F)c1. The fraction of sp³-hybridized carbons (Fsp3) is 0.400. The summed E-state index contributed by atoms with van der Waals surface area (Å²) in [5, 5.41) is 18.0. The molecule has 1 aromatic carbocycles. The Kier molecular flexibility index (Phi) is 7.18. The summed E-state index contributed by atoms with van der Waals surface area (Å²) in [5.41, 5.74) is 7.51. The van der Waals surface area contributed by atoms with E-state index in [0.717, 1.165) is 19.3 Å². The molecule has 0 unspecified atom stereocenters. The van der Waals surface area contributed by atoms with Crippen LogP contribution in [0.4, 0.5) is 26.0 Å². The number of para-hydroxylation sites is 1. The van der Waals surface area contributed by atoms with E-state index in [1.807, 2.05) is 6.07 Å². The number of amides is 2. The second-order valence-electron chi connectivity index (χ2n) is 9.27. The molecule has 11 nitrogen and oxygen atoms in total. The Labute approximate surface area is 216 Å². The lowest BCUT2D eigenvalue weighted by Crippen LogP contribution is -2.24. The number of hydrogen-bond acceptors (Lipinski definition) is 8. The van der Waals surface area contributed by atoms with Crippen LogP contribution in [0.15, 0.2) is 36.7 Å². The number of hydrogen-bond donors (Lipinski definition) is 3. The van der Waals surface area contributed by atoms with Gasteiger partial charge in [0.2, 0.25) is 5.91 Å². The number of ether oxygens (including phenoxy) is 2. The Morgan fingerprint density at radius 1 is 1.16 bits per heavy atom. The normalized spacial score (nSPS) is 18.9. The third-order valence-electron chi connectivity index (χ3n) is 6.66. The van der Waals surface area contributed by atoms with Gasteiger partial charge in [-0.05, 0) is 38.2 Å². The second-order valence-corrected chi connectivity index (χ2v) is 9.27. The molecule has 2 saturated carbocycles. The van der Waals surface area contributed by atoms with Crippen molar-refractivity contribution in [1.29, 1.82) is 0 Å². The first-order chi connectivity index (χ1) is 18.3. The summed E-state index contributed by atoms with van der Waals surface area (Å²) >= 11 is 0. The number of nitrogens with zero attached hydrogens (tertiary/aromatic N) is 4. The Morgan fingerprint density at radius 3 is 2.68 bits per heavy atom. The van der Waals surface area contributed by atoms with Crippen LogP contribution in [-0.4, -0.2) is 51.6 Å². The third-order valence-corrected chi connectivity index (χ3v) is 6.66. The van der Waals surface area contributed by atoms with Crippen molar-refractivity contribution in [2.45, 2.75) is 50.9 Å². The predicted octanol–water partition coefficient (Wildman–Crippen LogP) is 3.87. The van der Waals surface area contributed by atoms with Crippen molar-refractivity contribution in [1.82, 2.24) is 20.0 Å². The summed E-state index contributed by atoms with van der Waals surface area (Å²) in [4.78, 5) is 24.2. The molecule has 4 N–H and O–H groups in total. The van der Waals surface area contributed by atoms with Crippen molar-refractivity contribution in [2.24, 2.45) is 11.7 Å². The van der Waals surface area contributed by atoms with E-state index in [1.165, 1.54) is 13.2 Å². The minimum atomic E-state index is -2.84. The summed E-state index contributed by atoms with van der Waals surface area (Å²) in [6.07, 6.45) is 6.43. The standard InChI is InChI=1S/C25H27F2N7O4/c1-37-22-15(14-11-29-34(12-14)18-6-3-7-19(18)38-25(26)27)4-2-5-16(22)30-17-10-20(31-24(36)13-8-9-13)32-33-21(17)23(28)35/h2,4-5,10-13,18-19,25H,3,6-9H2,1H3,(H2,28,35)(H2,30,31,32,36)/t18-,19-/m1/s1. The van der Waals surface area contributed by atoms with Crippen molar-refractivity contribution in [3.8, 4) is 16.9 Å². The number of nitrogens with one attached hydrogen (secondary N) is 2. The van der Waals surface area contributed by atoms with Crippen molar-refractivity contribution >= 4 is 29.0 Å². The summed E-state index contributed by atoms with van der Waals surface area (Å²) in [6, 6.07) is 6.54. The monoisotopic (exact) mass is 527 g/mol. The van der Waals surface area contributed by atoms with Gasteiger partial charge in [-0.25, -0.2) is 0 Å². The summed E-state index contributed by atoms with van der Waals surface area (Å²) in [7, 11) is 1.50. The third kappa shape index (κ3) is 5.42. The fourth-order valence-corrected chi connectivity index (χ4v) is 4.69. The Balaban J connectivity index is 1.43. The van der Waals surface area contributed by atoms with Gasteiger partial charge in [-0.15, -0.1) is 10.2 Å². The molecule has 2 aliphatic carbocycles. The second kappa shape index (κ2) is 10.7. The smallest absolute Gasteiger partial charge is 0.345 e. The highest BCUT2D eigenvalue weighted by Crippen LogP contribution is 2.40. The lowest BCUT2D eigenvalue weighted by molar-refractivity contribution is -0.169. The van der Waals surface area contributed by atoms with Crippen LogP contribution in [0, 0.1) is 5.92 Å². The van der Waals surface area contributed by atoms with Crippen molar-refractivity contribution in [3.05, 3.63) is 42.4 Å². The topological polar surface area (TPSA) is 146 Å². The van der Waals surface area contributed by atoms with E-state index in [4.69, 9.17) is 15.2 Å². The highest BCUT2D eigenvalue weighted by Gasteiger charge is 2.33. The minimum Gasteiger partial charge on any atom is -0.494 e. The van der Waals surface area contributed by atoms with Crippen molar-refractivity contribution < 1.29 is 27.8 Å². The molecule has 3 aromatic rings. The zero-order chi connectivity index (χ0) is 26.8. The first-order valence-corrected chi connectivity index (χ1v) is 12.2. The average molecular weight is 528 g/mol. The van der Waals surface area contributed by atoms with Crippen LogP contribution >= 0.6 is 0 Å². The number of alkyl halides is 2. The quantitative estimate of drug-likeness (QED) is 0.360. The Morgan fingerprint density at radius 2 is 1.97 bits per heavy atom. The number of primary amides is 1. The van der Waals surface area contributed by atoms with E-state index in [1.54, 1.807) is 29.2 Å². The van der Waals surface area contributed by atoms with Gasteiger partial charge in [-0.1, -0.05) is 12.1 Å². The molecule has 200 valence electrons. The molecular weight excluding hydrogens is 500 g/mol. The van der Waals surface area contributed by atoms with E-state index >= 15 is 0 Å². The highest BCUT2D eigenvalue weighted by atomic mass is 19.3. The van der Waals surface area contributed by atoms with Gasteiger partial charge in [0.25, 0.3) is 5.91 Å². The van der Waals surface area contributed by atoms with Gasteiger partial charge in [0.1, 0.15) is 5.75 Å². The van der Waals surface area contributed by atoms with Crippen LogP contribution in [-0.2, 0) is 9.53 Å². The Bertz CT molecular complexity index is 1340. The van der Waals surface area contributed by atoms with Gasteiger partial charge >= 0.3 is 6.61 Å². The number of aromatic nitrogens is 4. The molecule has 0 saturated heterocycles. The first-order valence-electron chi connectivity index (χ1n) is 12.2. The number of nitrogens with two attached hydrogens (primary N) is 1. The summed E-state index contributed by atoms with van der Waals surface area (Å²) < 4.78 is 37.8. The van der Waals surface area contributed by atoms with Gasteiger partial charge in [0.15, 0.2) is 11.5 Å². The molecule has 2 heterocycles. The molecule has 0 bridgehead atoms. The minimum absolute atomic E-state index is 0.0387. The zero-order valence-corrected chi connectivity index (χ0v) is 20.6. The van der Waals surface area contributed by atoms with Crippen molar-refractivity contribution in [3.63, 3.8) is 0 Å². The molecule has 2 aliphatic rings. The van der Waals surface area contributed by atoms with Gasteiger partial charge in [-0.2, -0.15) is 13.9 Å².